The van der Waals surface area contributed by atoms with Crippen molar-refractivity contribution in [1.82, 2.24) is 9.80 Å². The van der Waals surface area contributed by atoms with Crippen LogP contribution < -0.4 is 0 Å². The molecule has 1 atom stereocenters. The van der Waals surface area contributed by atoms with E-state index in [1.54, 1.807) is 9.80 Å². The number of hydrogen-bond acceptors (Lipinski definition) is 4. The van der Waals surface area contributed by atoms with Gasteiger partial charge < -0.3 is 14.5 Å². The van der Waals surface area contributed by atoms with Gasteiger partial charge in [0, 0.05) is 25.7 Å². The standard InChI is InChI=1S/C15H22N2O3S/c1-11-10-16(13(18)12-6-5-9-21-12)7-8-17(11)14(19)20-15(2,3)4/h5-6,9,11H,7-8,10H2,1-4H3/t11-/m0/s1. The van der Waals surface area contributed by atoms with Gasteiger partial charge in [-0.1, -0.05) is 6.07 Å². The quantitative estimate of drug-likeness (QED) is 0.801. The highest BCUT2D eigenvalue weighted by atomic mass is 32.1. The smallest absolute Gasteiger partial charge is 0.410 e. The Bertz CT molecular complexity index is 507. The highest BCUT2D eigenvalue weighted by Gasteiger charge is 2.32. The lowest BCUT2D eigenvalue weighted by atomic mass is 10.2. The maximum absolute atomic E-state index is 12.3. The predicted octanol–water partition coefficient (Wildman–Crippen LogP) is 2.83. The Morgan fingerprint density at radius 3 is 2.57 bits per heavy atom. The number of carbonyl (C=O) groups excluding carboxylic acids is 2. The van der Waals surface area contributed by atoms with Gasteiger partial charge in [-0.05, 0) is 39.1 Å². The van der Waals surface area contributed by atoms with Crippen LogP contribution in [0, 0.1) is 0 Å². The third kappa shape index (κ3) is 3.97. The molecule has 1 aliphatic heterocycles. The summed E-state index contributed by atoms with van der Waals surface area (Å²) in [7, 11) is 0. The molecule has 0 radical (unpaired) electrons. The van der Waals surface area contributed by atoms with Crippen molar-refractivity contribution in [1.29, 1.82) is 0 Å². The van der Waals surface area contributed by atoms with Gasteiger partial charge in [0.25, 0.3) is 5.91 Å². The van der Waals surface area contributed by atoms with Crippen LogP contribution in [0.25, 0.3) is 0 Å². The van der Waals surface area contributed by atoms with Gasteiger partial charge in [-0.15, -0.1) is 11.3 Å². The van der Waals surface area contributed by atoms with Gasteiger partial charge in [0.05, 0.1) is 4.88 Å². The maximum atomic E-state index is 12.3. The molecule has 1 aliphatic rings. The molecule has 2 rings (SSSR count). The molecule has 6 heteroatoms. The first-order valence-electron chi connectivity index (χ1n) is 7.10. The second-order valence-corrected chi connectivity index (χ2v) is 7.20. The van der Waals surface area contributed by atoms with Crippen molar-refractivity contribution in [3.05, 3.63) is 22.4 Å². The van der Waals surface area contributed by atoms with Gasteiger partial charge in [-0.2, -0.15) is 0 Å². The molecule has 0 aromatic carbocycles. The molecule has 5 nitrogen and oxygen atoms in total. The van der Waals surface area contributed by atoms with Gasteiger partial charge in [0.2, 0.25) is 0 Å². The molecule has 0 spiro atoms. The summed E-state index contributed by atoms with van der Waals surface area (Å²) in [6.07, 6.45) is -0.307. The summed E-state index contributed by atoms with van der Waals surface area (Å²) in [6, 6.07) is 3.66. The Hall–Kier alpha value is -1.56. The minimum Gasteiger partial charge on any atom is -0.444 e. The van der Waals surface area contributed by atoms with Crippen LogP contribution in [-0.4, -0.2) is 53.1 Å². The minimum absolute atomic E-state index is 0.0423. The second kappa shape index (κ2) is 6.05. The fraction of sp³-hybridized carbons (Fsp3) is 0.600. The van der Waals surface area contributed by atoms with E-state index in [-0.39, 0.29) is 18.0 Å². The first-order chi connectivity index (χ1) is 9.78. The van der Waals surface area contributed by atoms with Crippen molar-refractivity contribution in [2.45, 2.75) is 39.3 Å². The maximum Gasteiger partial charge on any atom is 0.410 e. The largest absolute Gasteiger partial charge is 0.444 e. The molecule has 1 saturated heterocycles. The zero-order valence-electron chi connectivity index (χ0n) is 13.0. The first-order valence-corrected chi connectivity index (χ1v) is 7.98. The Kier molecular flexibility index (Phi) is 4.56. The molecule has 0 unspecified atom stereocenters. The molecule has 21 heavy (non-hydrogen) atoms. The van der Waals surface area contributed by atoms with Gasteiger partial charge in [0.1, 0.15) is 5.60 Å². The highest BCUT2D eigenvalue weighted by molar-refractivity contribution is 7.12. The molecular weight excluding hydrogens is 288 g/mol. The Morgan fingerprint density at radius 1 is 1.33 bits per heavy atom. The lowest BCUT2D eigenvalue weighted by Crippen LogP contribution is -2.56. The van der Waals surface area contributed by atoms with Crippen LogP contribution >= 0.6 is 11.3 Å². The molecule has 116 valence electrons. The average molecular weight is 310 g/mol. The highest BCUT2D eigenvalue weighted by Crippen LogP contribution is 2.18. The van der Waals surface area contributed by atoms with Crippen LogP contribution in [0.15, 0.2) is 17.5 Å². The summed E-state index contributed by atoms with van der Waals surface area (Å²) in [5, 5.41) is 1.90. The summed E-state index contributed by atoms with van der Waals surface area (Å²) in [5.74, 6) is 0.0423. The molecule has 0 N–H and O–H groups in total. The van der Waals surface area contributed by atoms with Gasteiger partial charge >= 0.3 is 6.09 Å². The van der Waals surface area contributed by atoms with Crippen LogP contribution in [0.4, 0.5) is 4.79 Å². The van der Waals surface area contributed by atoms with Crippen LogP contribution in [-0.2, 0) is 4.74 Å². The summed E-state index contributed by atoms with van der Waals surface area (Å²) in [6.45, 7) is 9.09. The minimum atomic E-state index is -0.499. The fourth-order valence-electron chi connectivity index (χ4n) is 2.29. The number of carbonyl (C=O) groups is 2. The van der Waals surface area contributed by atoms with E-state index in [4.69, 9.17) is 4.74 Å². The molecule has 1 aromatic heterocycles. The summed E-state index contributed by atoms with van der Waals surface area (Å²) in [5.41, 5.74) is -0.499. The first kappa shape index (κ1) is 15.8. The van der Waals surface area contributed by atoms with Crippen molar-refractivity contribution in [2.24, 2.45) is 0 Å². The zero-order chi connectivity index (χ0) is 15.6. The number of rotatable bonds is 1. The molecule has 0 saturated carbocycles. The van der Waals surface area contributed by atoms with Crippen molar-refractivity contribution in [3.63, 3.8) is 0 Å². The summed E-state index contributed by atoms with van der Waals surface area (Å²) < 4.78 is 5.40. The third-order valence-electron chi connectivity index (χ3n) is 3.27. The van der Waals surface area contributed by atoms with Crippen LogP contribution in [0.1, 0.15) is 37.4 Å². The monoisotopic (exact) mass is 310 g/mol. The van der Waals surface area contributed by atoms with Crippen molar-refractivity contribution in [3.8, 4) is 0 Å². The predicted molar refractivity (Wildman–Crippen MR) is 82.6 cm³/mol. The fourth-order valence-corrected chi connectivity index (χ4v) is 2.98. The van der Waals surface area contributed by atoms with E-state index in [1.807, 2.05) is 45.2 Å². The molecule has 1 aromatic rings. The van der Waals surface area contributed by atoms with Gasteiger partial charge in [0.15, 0.2) is 0 Å². The van der Waals surface area contributed by atoms with Crippen molar-refractivity contribution in [2.75, 3.05) is 19.6 Å². The molecule has 0 bridgehead atoms. The van der Waals surface area contributed by atoms with E-state index >= 15 is 0 Å². The normalized spacial score (nSPS) is 19.5. The van der Waals surface area contributed by atoms with Crippen molar-refractivity contribution >= 4 is 23.3 Å². The van der Waals surface area contributed by atoms with Gasteiger partial charge in [-0.25, -0.2) is 4.79 Å². The number of thiophene rings is 1. The number of piperazine rings is 1. The Labute approximate surface area is 129 Å². The van der Waals surface area contributed by atoms with E-state index in [2.05, 4.69) is 0 Å². The third-order valence-corrected chi connectivity index (χ3v) is 4.13. The summed E-state index contributed by atoms with van der Waals surface area (Å²) in [4.78, 5) is 28.7. The van der Waals surface area contributed by atoms with E-state index in [0.29, 0.717) is 19.6 Å². The molecule has 0 aliphatic carbocycles. The SMILES string of the molecule is C[C@H]1CN(C(=O)c2cccs2)CCN1C(=O)OC(C)(C)C. The number of hydrogen-bond donors (Lipinski definition) is 0. The average Bonchev–Trinajstić information content (AvgIpc) is 2.89. The topological polar surface area (TPSA) is 49.9 Å². The van der Waals surface area contributed by atoms with E-state index in [0.717, 1.165) is 4.88 Å². The molecular formula is C15H22N2O3S. The molecule has 2 heterocycles. The number of amides is 2. The summed E-state index contributed by atoms with van der Waals surface area (Å²) >= 11 is 1.44. The van der Waals surface area contributed by atoms with Crippen LogP contribution in [0.2, 0.25) is 0 Å². The van der Waals surface area contributed by atoms with E-state index in [9.17, 15) is 9.59 Å². The molecule has 1 fully saturated rings. The van der Waals surface area contributed by atoms with Crippen LogP contribution in [0.3, 0.4) is 0 Å². The lowest BCUT2D eigenvalue weighted by molar-refractivity contribution is 0.00206. The van der Waals surface area contributed by atoms with Gasteiger partial charge in [-0.3, -0.25) is 4.79 Å². The van der Waals surface area contributed by atoms with E-state index in [1.165, 1.54) is 11.3 Å². The second-order valence-electron chi connectivity index (χ2n) is 6.25. The zero-order valence-corrected chi connectivity index (χ0v) is 13.8. The van der Waals surface area contributed by atoms with E-state index < -0.39 is 5.60 Å². The Morgan fingerprint density at radius 2 is 2.05 bits per heavy atom. The Balaban J connectivity index is 1.96. The number of ether oxygens (including phenoxy) is 1. The number of nitrogens with zero attached hydrogens (tertiary/aromatic N) is 2. The van der Waals surface area contributed by atoms with Crippen LogP contribution in [0.5, 0.6) is 0 Å². The van der Waals surface area contributed by atoms with Crippen molar-refractivity contribution < 1.29 is 14.3 Å². The molecule has 2 amide bonds. The lowest BCUT2D eigenvalue weighted by Gasteiger charge is -2.40.